The molecular formula is C12H22N4O2. The molecule has 1 aromatic heterocycles. The highest BCUT2D eigenvalue weighted by molar-refractivity contribution is 5.33. The standard InChI is InChI=1S/C12H22N4O2/c1-3-5-13-7-8-16-10(14-6-4-2)9-11(17)15-12(16)18/h9,13-14H,3-8H2,1-2H3,(H,15,17,18). The zero-order valence-electron chi connectivity index (χ0n) is 11.1. The van der Waals surface area contributed by atoms with Gasteiger partial charge in [0.05, 0.1) is 0 Å². The maximum Gasteiger partial charge on any atom is 0.329 e. The first-order valence-corrected chi connectivity index (χ1v) is 6.47. The Balaban J connectivity index is 2.79. The SMILES string of the molecule is CCCNCCn1c(NCCC)cc(=O)[nH]c1=O. The largest absolute Gasteiger partial charge is 0.371 e. The molecule has 0 aliphatic heterocycles. The quantitative estimate of drug-likeness (QED) is 0.585. The summed E-state index contributed by atoms with van der Waals surface area (Å²) in [5.41, 5.74) is -0.726. The molecule has 0 aromatic carbocycles. The first kappa shape index (κ1) is 14.5. The first-order valence-electron chi connectivity index (χ1n) is 6.47. The first-order chi connectivity index (χ1) is 8.69. The van der Waals surface area contributed by atoms with Crippen LogP contribution in [0.5, 0.6) is 0 Å². The Labute approximate surface area is 106 Å². The van der Waals surface area contributed by atoms with Gasteiger partial charge in [0.2, 0.25) is 0 Å². The van der Waals surface area contributed by atoms with Crippen molar-refractivity contribution in [3.8, 4) is 0 Å². The van der Waals surface area contributed by atoms with E-state index in [9.17, 15) is 9.59 Å². The second kappa shape index (κ2) is 7.71. The molecule has 3 N–H and O–H groups in total. The van der Waals surface area contributed by atoms with Gasteiger partial charge >= 0.3 is 5.69 Å². The molecule has 1 heterocycles. The number of rotatable bonds is 8. The van der Waals surface area contributed by atoms with E-state index in [2.05, 4.69) is 22.5 Å². The van der Waals surface area contributed by atoms with Gasteiger partial charge in [-0.1, -0.05) is 13.8 Å². The van der Waals surface area contributed by atoms with Crippen molar-refractivity contribution >= 4 is 5.82 Å². The van der Waals surface area contributed by atoms with E-state index < -0.39 is 0 Å². The summed E-state index contributed by atoms with van der Waals surface area (Å²) in [6, 6.07) is 1.43. The van der Waals surface area contributed by atoms with Gasteiger partial charge < -0.3 is 10.6 Å². The smallest absolute Gasteiger partial charge is 0.329 e. The van der Waals surface area contributed by atoms with Crippen molar-refractivity contribution in [3.63, 3.8) is 0 Å². The number of nitrogens with one attached hydrogen (secondary N) is 3. The lowest BCUT2D eigenvalue weighted by Crippen LogP contribution is -2.34. The summed E-state index contributed by atoms with van der Waals surface area (Å²) in [6.07, 6.45) is 2.00. The van der Waals surface area contributed by atoms with Gasteiger partial charge in [0.25, 0.3) is 5.56 Å². The van der Waals surface area contributed by atoms with E-state index >= 15 is 0 Å². The Kier molecular flexibility index (Phi) is 6.21. The fraction of sp³-hybridized carbons (Fsp3) is 0.667. The van der Waals surface area contributed by atoms with Crippen LogP contribution in [0.2, 0.25) is 0 Å². The third-order valence-corrected chi connectivity index (χ3v) is 2.53. The topological polar surface area (TPSA) is 78.9 Å². The third kappa shape index (κ3) is 4.37. The number of anilines is 1. The monoisotopic (exact) mass is 254 g/mol. The van der Waals surface area contributed by atoms with Gasteiger partial charge in [-0.2, -0.15) is 0 Å². The van der Waals surface area contributed by atoms with E-state index in [4.69, 9.17) is 0 Å². The zero-order chi connectivity index (χ0) is 13.4. The van der Waals surface area contributed by atoms with Crippen molar-refractivity contribution < 1.29 is 0 Å². The molecule has 1 aromatic rings. The second-order valence-corrected chi connectivity index (χ2v) is 4.15. The third-order valence-electron chi connectivity index (χ3n) is 2.53. The number of H-pyrrole nitrogens is 1. The van der Waals surface area contributed by atoms with Gasteiger partial charge in [-0.3, -0.25) is 14.3 Å². The highest BCUT2D eigenvalue weighted by atomic mass is 16.2. The van der Waals surface area contributed by atoms with Gasteiger partial charge in [0, 0.05) is 25.7 Å². The van der Waals surface area contributed by atoms with E-state index in [0.717, 1.165) is 25.9 Å². The highest BCUT2D eigenvalue weighted by Crippen LogP contribution is 1.99. The number of aromatic nitrogens is 2. The molecule has 0 aliphatic rings. The Morgan fingerprint density at radius 2 is 1.89 bits per heavy atom. The molecular weight excluding hydrogens is 232 g/mol. The molecule has 102 valence electrons. The van der Waals surface area contributed by atoms with Gasteiger partial charge in [0.15, 0.2) is 0 Å². The zero-order valence-corrected chi connectivity index (χ0v) is 11.1. The van der Waals surface area contributed by atoms with Crippen molar-refractivity contribution in [2.75, 3.05) is 25.0 Å². The van der Waals surface area contributed by atoms with Crippen LogP contribution in [0.4, 0.5) is 5.82 Å². The van der Waals surface area contributed by atoms with Gasteiger partial charge in [-0.25, -0.2) is 4.79 Å². The van der Waals surface area contributed by atoms with Crippen molar-refractivity contribution in [2.45, 2.75) is 33.2 Å². The summed E-state index contributed by atoms with van der Waals surface area (Å²) in [5.74, 6) is 0.587. The molecule has 6 nitrogen and oxygen atoms in total. The van der Waals surface area contributed by atoms with E-state index in [0.29, 0.717) is 18.9 Å². The van der Waals surface area contributed by atoms with Crippen LogP contribution >= 0.6 is 0 Å². The van der Waals surface area contributed by atoms with E-state index in [1.807, 2.05) is 6.92 Å². The van der Waals surface area contributed by atoms with E-state index in [1.54, 1.807) is 4.57 Å². The van der Waals surface area contributed by atoms with Gasteiger partial charge in [-0.05, 0) is 19.4 Å². The van der Waals surface area contributed by atoms with Crippen LogP contribution in [0, 0.1) is 0 Å². The van der Waals surface area contributed by atoms with Crippen molar-refractivity contribution in [3.05, 3.63) is 26.9 Å². The van der Waals surface area contributed by atoms with Crippen molar-refractivity contribution in [1.29, 1.82) is 0 Å². The Hall–Kier alpha value is -1.56. The van der Waals surface area contributed by atoms with E-state index in [1.165, 1.54) is 6.07 Å². The fourth-order valence-electron chi connectivity index (χ4n) is 1.63. The van der Waals surface area contributed by atoms with Crippen LogP contribution in [0.1, 0.15) is 26.7 Å². The predicted octanol–water partition coefficient (Wildman–Crippen LogP) is 0.358. The molecule has 0 aliphatic carbocycles. The Bertz CT molecular complexity index is 464. The number of hydrogen-bond donors (Lipinski definition) is 3. The maximum absolute atomic E-state index is 11.7. The van der Waals surface area contributed by atoms with Crippen LogP contribution in [0.25, 0.3) is 0 Å². The lowest BCUT2D eigenvalue weighted by molar-refractivity contribution is 0.575. The molecule has 18 heavy (non-hydrogen) atoms. The Morgan fingerprint density at radius 1 is 1.17 bits per heavy atom. The van der Waals surface area contributed by atoms with E-state index in [-0.39, 0.29) is 11.2 Å². The summed E-state index contributed by atoms with van der Waals surface area (Å²) < 4.78 is 1.56. The predicted molar refractivity (Wildman–Crippen MR) is 73.3 cm³/mol. The maximum atomic E-state index is 11.7. The van der Waals surface area contributed by atoms with Crippen LogP contribution < -0.4 is 21.9 Å². The van der Waals surface area contributed by atoms with Crippen molar-refractivity contribution in [1.82, 2.24) is 14.9 Å². The highest BCUT2D eigenvalue weighted by Gasteiger charge is 2.04. The summed E-state index contributed by atoms with van der Waals surface area (Å²) in [4.78, 5) is 25.3. The van der Waals surface area contributed by atoms with Crippen molar-refractivity contribution in [2.24, 2.45) is 0 Å². The summed E-state index contributed by atoms with van der Waals surface area (Å²) in [7, 11) is 0. The summed E-state index contributed by atoms with van der Waals surface area (Å²) >= 11 is 0. The fourth-order valence-corrected chi connectivity index (χ4v) is 1.63. The van der Waals surface area contributed by atoms with Gasteiger partial charge in [0.1, 0.15) is 5.82 Å². The molecule has 0 bridgehead atoms. The summed E-state index contributed by atoms with van der Waals surface area (Å²) in [6.45, 7) is 7.04. The van der Waals surface area contributed by atoms with Crippen LogP contribution in [-0.4, -0.2) is 29.2 Å². The molecule has 1 rings (SSSR count). The average molecular weight is 254 g/mol. The minimum atomic E-state index is -0.364. The number of aromatic amines is 1. The Morgan fingerprint density at radius 3 is 2.56 bits per heavy atom. The lowest BCUT2D eigenvalue weighted by atomic mass is 10.4. The molecule has 0 atom stereocenters. The van der Waals surface area contributed by atoms with Crippen LogP contribution in [0.3, 0.4) is 0 Å². The van der Waals surface area contributed by atoms with Crippen LogP contribution in [0.15, 0.2) is 15.7 Å². The molecule has 6 heteroatoms. The minimum absolute atomic E-state index is 0.362. The van der Waals surface area contributed by atoms with Gasteiger partial charge in [-0.15, -0.1) is 0 Å². The molecule has 0 saturated heterocycles. The molecule has 0 radical (unpaired) electrons. The molecule has 0 saturated carbocycles. The minimum Gasteiger partial charge on any atom is -0.371 e. The molecule has 0 amide bonds. The number of hydrogen-bond acceptors (Lipinski definition) is 4. The normalized spacial score (nSPS) is 10.6. The molecule has 0 fully saturated rings. The van der Waals surface area contributed by atoms with Crippen LogP contribution in [-0.2, 0) is 6.54 Å². The average Bonchev–Trinajstić information content (AvgIpc) is 2.34. The second-order valence-electron chi connectivity index (χ2n) is 4.15. The molecule has 0 spiro atoms. The summed E-state index contributed by atoms with van der Waals surface area (Å²) in [5, 5.41) is 6.33. The lowest BCUT2D eigenvalue weighted by Gasteiger charge is -2.13. The number of nitrogens with zero attached hydrogens (tertiary/aromatic N) is 1. The molecule has 0 unspecified atom stereocenters.